The first-order chi connectivity index (χ1) is 12.1. The second-order valence-corrected chi connectivity index (χ2v) is 8.01. The number of nitrogens with zero attached hydrogens (tertiary/aromatic N) is 3. The number of nitro benzene ring substituents is 1. The van der Waals surface area contributed by atoms with Crippen LogP contribution in [0.2, 0.25) is 0 Å². The quantitative estimate of drug-likeness (QED) is 0.418. The maximum absolute atomic E-state index is 12.6. The molecule has 0 atom stereocenters. The molecule has 0 spiro atoms. The Balaban J connectivity index is 1.67. The highest BCUT2D eigenvalue weighted by atomic mass is 32.2. The van der Waals surface area contributed by atoms with E-state index in [4.69, 9.17) is 0 Å². The molecule has 132 valence electrons. The number of carbonyl (C=O) groups excluding carboxylic acids is 1. The molecule has 0 bridgehead atoms. The van der Waals surface area contributed by atoms with Crippen molar-refractivity contribution in [3.63, 3.8) is 0 Å². The van der Waals surface area contributed by atoms with Gasteiger partial charge < -0.3 is 4.90 Å². The Kier molecular flexibility index (Phi) is 5.70. The van der Waals surface area contributed by atoms with Crippen LogP contribution in [0.1, 0.15) is 32.6 Å². The van der Waals surface area contributed by atoms with Crippen LogP contribution >= 0.6 is 23.1 Å². The Morgan fingerprint density at radius 2 is 2.28 bits per heavy atom. The van der Waals surface area contributed by atoms with Crippen molar-refractivity contribution < 1.29 is 9.72 Å². The van der Waals surface area contributed by atoms with Gasteiger partial charge in [0.2, 0.25) is 5.91 Å². The number of amides is 1. The number of non-ortho nitro benzene ring substituents is 1. The molecule has 0 unspecified atom stereocenters. The van der Waals surface area contributed by atoms with Crippen molar-refractivity contribution in [3.05, 3.63) is 40.1 Å². The molecular weight excluding hydrogens is 358 g/mol. The monoisotopic (exact) mass is 377 g/mol. The smallest absolute Gasteiger partial charge is 0.270 e. The van der Waals surface area contributed by atoms with Gasteiger partial charge in [-0.25, -0.2) is 4.98 Å². The third kappa shape index (κ3) is 4.19. The van der Waals surface area contributed by atoms with Crippen molar-refractivity contribution in [2.45, 2.75) is 36.9 Å². The average molecular weight is 377 g/mol. The van der Waals surface area contributed by atoms with Gasteiger partial charge in [0.25, 0.3) is 5.69 Å². The summed E-state index contributed by atoms with van der Waals surface area (Å²) >= 11 is 2.78. The first kappa shape index (κ1) is 17.9. The zero-order valence-corrected chi connectivity index (χ0v) is 15.6. The normalized spacial score (nSPS) is 14.4. The molecule has 1 heterocycles. The molecule has 1 amide bonds. The summed E-state index contributed by atoms with van der Waals surface area (Å²) in [5, 5.41) is 10.9. The molecule has 25 heavy (non-hydrogen) atoms. The highest BCUT2D eigenvalue weighted by Gasteiger charge is 2.19. The zero-order valence-electron chi connectivity index (χ0n) is 13.9. The topological polar surface area (TPSA) is 76.3 Å². The van der Waals surface area contributed by atoms with E-state index in [0.717, 1.165) is 39.5 Å². The molecule has 3 rings (SSSR count). The summed E-state index contributed by atoms with van der Waals surface area (Å²) in [6, 6.07) is 4.64. The van der Waals surface area contributed by atoms with Crippen molar-refractivity contribution in [2.24, 2.45) is 0 Å². The number of aromatic nitrogens is 1. The molecule has 6 nitrogen and oxygen atoms in total. The van der Waals surface area contributed by atoms with E-state index >= 15 is 0 Å². The molecule has 0 saturated heterocycles. The van der Waals surface area contributed by atoms with E-state index < -0.39 is 4.92 Å². The minimum Gasteiger partial charge on any atom is -0.316 e. The van der Waals surface area contributed by atoms with Gasteiger partial charge in [-0.3, -0.25) is 14.9 Å². The molecule has 2 aromatic rings. The van der Waals surface area contributed by atoms with E-state index in [-0.39, 0.29) is 11.6 Å². The molecule has 0 fully saturated rings. The predicted molar refractivity (Wildman–Crippen MR) is 101 cm³/mol. The Labute approximate surface area is 154 Å². The second kappa shape index (κ2) is 7.97. The number of thiazole rings is 1. The number of nitro groups is 1. The lowest BCUT2D eigenvalue weighted by atomic mass is 10.0. The number of benzene rings is 1. The highest BCUT2D eigenvalue weighted by molar-refractivity contribution is 8.01. The van der Waals surface area contributed by atoms with Crippen molar-refractivity contribution in [1.29, 1.82) is 0 Å². The third-order valence-electron chi connectivity index (χ3n) is 4.11. The number of allylic oxidation sites excluding steroid dienone is 2. The summed E-state index contributed by atoms with van der Waals surface area (Å²) in [6.45, 7) is 2.67. The minimum absolute atomic E-state index is 0.0603. The predicted octanol–water partition coefficient (Wildman–Crippen LogP) is 4.60. The molecule has 8 heteroatoms. The average Bonchev–Trinajstić information content (AvgIpc) is 3.03. The molecule has 1 aliphatic carbocycles. The summed E-state index contributed by atoms with van der Waals surface area (Å²) in [5.41, 5.74) is 1.93. The van der Waals surface area contributed by atoms with Crippen LogP contribution in [0.15, 0.2) is 34.3 Å². The van der Waals surface area contributed by atoms with Gasteiger partial charge in [0.15, 0.2) is 4.34 Å². The molecule has 1 aromatic heterocycles. The fourth-order valence-corrected chi connectivity index (χ4v) is 4.85. The molecular formula is C17H19N3O3S2. The van der Waals surface area contributed by atoms with Crippen molar-refractivity contribution >= 4 is 44.9 Å². The number of rotatable bonds is 6. The van der Waals surface area contributed by atoms with Crippen LogP contribution < -0.4 is 0 Å². The Bertz CT molecular complexity index is 832. The van der Waals surface area contributed by atoms with Gasteiger partial charge in [-0.05, 0) is 38.7 Å². The fourth-order valence-electron chi connectivity index (χ4n) is 2.87. The lowest BCUT2D eigenvalue weighted by Gasteiger charge is -2.26. The van der Waals surface area contributed by atoms with Crippen LogP contribution in [0.25, 0.3) is 10.2 Å². The minimum atomic E-state index is -0.410. The van der Waals surface area contributed by atoms with Crippen LogP contribution in [0, 0.1) is 10.1 Å². The van der Waals surface area contributed by atoms with E-state index in [2.05, 4.69) is 11.1 Å². The maximum atomic E-state index is 12.6. The first-order valence-corrected chi connectivity index (χ1v) is 10.1. The molecule has 1 aromatic carbocycles. The van der Waals surface area contributed by atoms with Crippen LogP contribution in [0.3, 0.4) is 0 Å². The van der Waals surface area contributed by atoms with Crippen LogP contribution in [-0.2, 0) is 4.79 Å². The lowest BCUT2D eigenvalue weighted by Crippen LogP contribution is -2.32. The van der Waals surface area contributed by atoms with E-state index in [1.54, 1.807) is 6.07 Å². The van der Waals surface area contributed by atoms with Crippen molar-refractivity contribution in [2.75, 3.05) is 12.3 Å². The zero-order chi connectivity index (χ0) is 17.8. The molecule has 1 aliphatic rings. The summed E-state index contributed by atoms with van der Waals surface area (Å²) in [4.78, 5) is 29.3. The van der Waals surface area contributed by atoms with E-state index in [1.165, 1.54) is 41.7 Å². The van der Waals surface area contributed by atoms with E-state index in [1.807, 2.05) is 11.8 Å². The molecule has 0 N–H and O–H groups in total. The van der Waals surface area contributed by atoms with Gasteiger partial charge in [-0.2, -0.15) is 0 Å². The molecule has 0 saturated carbocycles. The number of fused-ring (bicyclic) bond motifs is 1. The largest absolute Gasteiger partial charge is 0.316 e. The van der Waals surface area contributed by atoms with Crippen LogP contribution in [0.4, 0.5) is 5.69 Å². The summed E-state index contributed by atoms with van der Waals surface area (Å²) in [7, 11) is 0. The third-order valence-corrected chi connectivity index (χ3v) is 6.26. The van der Waals surface area contributed by atoms with Gasteiger partial charge in [0, 0.05) is 24.4 Å². The maximum Gasteiger partial charge on any atom is 0.270 e. The standard InChI is InChI=1S/C17H19N3O3S2/c1-2-19(12-6-4-3-5-7-12)16(21)11-24-17-18-14-9-8-13(20(22)23)10-15(14)25-17/h6,8-10H,2-5,7,11H2,1H3. The Morgan fingerprint density at radius 3 is 2.96 bits per heavy atom. The highest BCUT2D eigenvalue weighted by Crippen LogP contribution is 2.32. The number of hydrogen-bond donors (Lipinski definition) is 0. The van der Waals surface area contributed by atoms with Gasteiger partial charge in [-0.15, -0.1) is 11.3 Å². The Hall–Kier alpha value is -1.93. The molecule has 0 aliphatic heterocycles. The summed E-state index contributed by atoms with van der Waals surface area (Å²) < 4.78 is 1.53. The Morgan fingerprint density at radius 1 is 1.44 bits per heavy atom. The number of carbonyl (C=O) groups is 1. The van der Waals surface area contributed by atoms with Crippen LogP contribution in [-0.4, -0.2) is 33.0 Å². The van der Waals surface area contributed by atoms with Gasteiger partial charge in [0.05, 0.1) is 20.9 Å². The van der Waals surface area contributed by atoms with Gasteiger partial charge in [0.1, 0.15) is 0 Å². The van der Waals surface area contributed by atoms with Gasteiger partial charge >= 0.3 is 0 Å². The summed E-state index contributed by atoms with van der Waals surface area (Å²) in [6.07, 6.45) is 6.52. The lowest BCUT2D eigenvalue weighted by molar-refractivity contribution is -0.384. The van der Waals surface area contributed by atoms with E-state index in [9.17, 15) is 14.9 Å². The second-order valence-electron chi connectivity index (χ2n) is 5.76. The summed E-state index contributed by atoms with van der Waals surface area (Å²) in [5.74, 6) is 0.415. The fraction of sp³-hybridized carbons (Fsp3) is 0.412. The van der Waals surface area contributed by atoms with Crippen LogP contribution in [0.5, 0.6) is 0 Å². The number of hydrogen-bond acceptors (Lipinski definition) is 6. The SMILES string of the molecule is CCN(C(=O)CSc1nc2ccc([N+](=O)[O-])cc2s1)C1=CCCCC1. The van der Waals surface area contributed by atoms with Crippen molar-refractivity contribution in [1.82, 2.24) is 9.88 Å². The number of thioether (sulfide) groups is 1. The van der Waals surface area contributed by atoms with E-state index in [0.29, 0.717) is 12.3 Å². The molecule has 0 radical (unpaired) electrons. The van der Waals surface area contributed by atoms with Crippen molar-refractivity contribution in [3.8, 4) is 0 Å². The van der Waals surface area contributed by atoms with Gasteiger partial charge in [-0.1, -0.05) is 17.8 Å². The first-order valence-electron chi connectivity index (χ1n) is 8.25.